The molecule has 1 aliphatic heterocycles. The maximum Gasteiger partial charge on any atom is 0.311 e. The molecule has 0 bridgehead atoms. The first-order valence-corrected chi connectivity index (χ1v) is 8.06. The van der Waals surface area contributed by atoms with E-state index in [1.807, 2.05) is 0 Å². The van der Waals surface area contributed by atoms with Crippen molar-refractivity contribution >= 4 is 23.9 Å². The maximum absolute atomic E-state index is 12.6. The molecule has 3 amide bonds. The van der Waals surface area contributed by atoms with Gasteiger partial charge in [0.1, 0.15) is 5.82 Å². The third-order valence-electron chi connectivity index (χ3n) is 3.62. The van der Waals surface area contributed by atoms with Crippen molar-refractivity contribution in [3.63, 3.8) is 0 Å². The van der Waals surface area contributed by atoms with Gasteiger partial charge in [-0.1, -0.05) is 0 Å². The lowest BCUT2D eigenvalue weighted by Gasteiger charge is -2.16. The number of halogens is 1. The summed E-state index contributed by atoms with van der Waals surface area (Å²) in [6.07, 6.45) is 2.50. The van der Waals surface area contributed by atoms with Crippen LogP contribution in [-0.4, -0.2) is 54.0 Å². The highest BCUT2D eigenvalue weighted by atomic mass is 19.1. The van der Waals surface area contributed by atoms with Crippen molar-refractivity contribution in [2.75, 3.05) is 25.0 Å². The minimum absolute atomic E-state index is 0.154. The Labute approximate surface area is 146 Å². The van der Waals surface area contributed by atoms with Crippen LogP contribution in [0.15, 0.2) is 18.2 Å². The quantitative estimate of drug-likeness (QED) is 0.551. The number of carbonyl (C=O) groups excluding carboxylic acids is 3. The van der Waals surface area contributed by atoms with E-state index in [4.69, 9.17) is 5.11 Å². The normalized spacial score (nSPS) is 14.2. The van der Waals surface area contributed by atoms with Crippen LogP contribution in [-0.2, 0) is 14.4 Å². The van der Waals surface area contributed by atoms with E-state index < -0.39 is 11.8 Å². The van der Waals surface area contributed by atoms with Gasteiger partial charge in [0.15, 0.2) is 0 Å². The van der Waals surface area contributed by atoms with Gasteiger partial charge >= 0.3 is 11.8 Å². The number of aryl methyl sites for hydroxylation is 1. The number of benzene rings is 1. The minimum Gasteiger partial charge on any atom is -0.394 e. The van der Waals surface area contributed by atoms with Gasteiger partial charge in [0.05, 0.1) is 6.61 Å². The standard InChI is InChI=1S/C9H16N2O3.C8H8FNO/c1-7(6-12)10-8(13)9(14)11-4-2-3-5-11;1-6-4-7(10-5-11)2-3-8(6)9/h7,12H,2-6H2,1H3,(H,10,13);2-5H,1H3,(H,10,11)/t7-;/m1./s1. The molecule has 0 saturated carbocycles. The fraction of sp³-hybridized carbons (Fsp3) is 0.471. The Morgan fingerprint density at radius 3 is 2.52 bits per heavy atom. The number of aliphatic hydroxyl groups excluding tert-OH is 1. The predicted molar refractivity (Wildman–Crippen MR) is 91.3 cm³/mol. The highest BCUT2D eigenvalue weighted by Crippen LogP contribution is 2.12. The molecular weight excluding hydrogens is 329 g/mol. The summed E-state index contributed by atoms with van der Waals surface area (Å²) in [5, 5.41) is 13.5. The summed E-state index contributed by atoms with van der Waals surface area (Å²) >= 11 is 0. The van der Waals surface area contributed by atoms with Crippen LogP contribution in [0.25, 0.3) is 0 Å². The first-order chi connectivity index (χ1) is 11.9. The third kappa shape index (κ3) is 6.88. The van der Waals surface area contributed by atoms with Gasteiger partial charge < -0.3 is 20.6 Å². The number of carbonyl (C=O) groups is 3. The minimum atomic E-state index is -0.617. The number of hydrogen-bond acceptors (Lipinski definition) is 4. The molecule has 3 N–H and O–H groups in total. The number of anilines is 1. The van der Waals surface area contributed by atoms with E-state index in [0.29, 0.717) is 30.8 Å². The van der Waals surface area contributed by atoms with Gasteiger partial charge in [-0.2, -0.15) is 0 Å². The average Bonchev–Trinajstić information content (AvgIpc) is 3.12. The zero-order chi connectivity index (χ0) is 18.8. The van der Waals surface area contributed by atoms with Gasteiger partial charge in [-0.25, -0.2) is 4.39 Å². The van der Waals surface area contributed by atoms with E-state index in [1.54, 1.807) is 24.8 Å². The van der Waals surface area contributed by atoms with Gasteiger partial charge in [0.2, 0.25) is 6.41 Å². The Hall–Kier alpha value is -2.48. The molecule has 1 fully saturated rings. The third-order valence-corrected chi connectivity index (χ3v) is 3.62. The highest BCUT2D eigenvalue weighted by Gasteiger charge is 2.24. The number of nitrogens with one attached hydrogen (secondary N) is 2. The van der Waals surface area contributed by atoms with E-state index in [9.17, 15) is 18.8 Å². The SMILES string of the molecule is C[C@H](CO)NC(=O)C(=O)N1CCCC1.Cc1cc(NC=O)ccc1F. The van der Waals surface area contributed by atoms with E-state index >= 15 is 0 Å². The lowest BCUT2D eigenvalue weighted by Crippen LogP contribution is -2.45. The number of nitrogens with zero attached hydrogens (tertiary/aromatic N) is 1. The van der Waals surface area contributed by atoms with Crippen LogP contribution in [0.2, 0.25) is 0 Å². The van der Waals surface area contributed by atoms with Crippen molar-refractivity contribution in [2.45, 2.75) is 32.7 Å². The molecule has 7 nitrogen and oxygen atoms in total. The van der Waals surface area contributed by atoms with Crippen molar-refractivity contribution in [1.29, 1.82) is 0 Å². The van der Waals surface area contributed by atoms with Gasteiger partial charge in [0, 0.05) is 24.8 Å². The molecule has 8 heteroatoms. The molecule has 0 spiro atoms. The molecule has 0 aliphatic carbocycles. The molecule has 25 heavy (non-hydrogen) atoms. The van der Waals surface area contributed by atoms with Gasteiger partial charge in [-0.3, -0.25) is 14.4 Å². The fourth-order valence-corrected chi connectivity index (χ4v) is 2.20. The van der Waals surface area contributed by atoms with Crippen LogP contribution in [0.4, 0.5) is 10.1 Å². The van der Waals surface area contributed by atoms with Crippen molar-refractivity contribution < 1.29 is 23.9 Å². The molecule has 1 atom stereocenters. The summed E-state index contributed by atoms with van der Waals surface area (Å²) in [4.78, 5) is 34.2. The molecule has 0 unspecified atom stereocenters. The van der Waals surface area contributed by atoms with Gasteiger partial charge in [-0.05, 0) is 50.5 Å². The topological polar surface area (TPSA) is 98.7 Å². The maximum atomic E-state index is 12.6. The van der Waals surface area contributed by atoms with Crippen LogP contribution in [0, 0.1) is 12.7 Å². The lowest BCUT2D eigenvalue weighted by molar-refractivity contribution is -0.145. The molecule has 1 aromatic rings. The van der Waals surface area contributed by atoms with Crippen LogP contribution < -0.4 is 10.6 Å². The zero-order valence-corrected chi connectivity index (χ0v) is 14.4. The first-order valence-electron chi connectivity index (χ1n) is 8.06. The number of hydrogen-bond donors (Lipinski definition) is 3. The van der Waals surface area contributed by atoms with Gasteiger partial charge in [-0.15, -0.1) is 0 Å². The Morgan fingerprint density at radius 2 is 2.00 bits per heavy atom. The van der Waals surface area contributed by atoms with E-state index in [2.05, 4.69) is 10.6 Å². The molecule has 1 aliphatic rings. The molecular formula is C17H24FN3O4. The van der Waals surface area contributed by atoms with Crippen LogP contribution in [0.3, 0.4) is 0 Å². The lowest BCUT2D eigenvalue weighted by atomic mass is 10.2. The number of rotatable bonds is 4. The molecule has 0 radical (unpaired) electrons. The second kappa shape index (κ2) is 10.4. The Kier molecular flexibility index (Phi) is 8.55. The zero-order valence-electron chi connectivity index (χ0n) is 14.4. The summed E-state index contributed by atoms with van der Waals surface area (Å²) in [5.74, 6) is -1.36. The number of aliphatic hydroxyl groups is 1. The van der Waals surface area contributed by atoms with Crippen molar-refractivity contribution in [3.05, 3.63) is 29.6 Å². The predicted octanol–water partition coefficient (Wildman–Crippen LogP) is 0.808. The number of likely N-dealkylation sites (tertiary alicyclic amines) is 1. The van der Waals surface area contributed by atoms with Crippen molar-refractivity contribution in [1.82, 2.24) is 10.2 Å². The van der Waals surface area contributed by atoms with Crippen LogP contribution in [0.5, 0.6) is 0 Å². The van der Waals surface area contributed by atoms with E-state index in [1.165, 1.54) is 12.1 Å². The average molecular weight is 353 g/mol. The second-order valence-corrected chi connectivity index (χ2v) is 5.78. The fourth-order valence-electron chi connectivity index (χ4n) is 2.20. The molecule has 0 aromatic heterocycles. The molecule has 2 rings (SSSR count). The first kappa shape index (κ1) is 20.6. The second-order valence-electron chi connectivity index (χ2n) is 5.78. The van der Waals surface area contributed by atoms with Crippen LogP contribution in [0.1, 0.15) is 25.3 Å². The van der Waals surface area contributed by atoms with Crippen molar-refractivity contribution in [3.8, 4) is 0 Å². The summed E-state index contributed by atoms with van der Waals surface area (Å²) in [5.41, 5.74) is 1.13. The van der Waals surface area contributed by atoms with Gasteiger partial charge in [0.25, 0.3) is 0 Å². The summed E-state index contributed by atoms with van der Waals surface area (Å²) in [6, 6.07) is 4.04. The van der Waals surface area contributed by atoms with E-state index in [-0.39, 0.29) is 18.5 Å². The monoisotopic (exact) mass is 353 g/mol. The highest BCUT2D eigenvalue weighted by molar-refractivity contribution is 6.35. The molecule has 1 saturated heterocycles. The largest absolute Gasteiger partial charge is 0.394 e. The summed E-state index contributed by atoms with van der Waals surface area (Å²) in [7, 11) is 0. The van der Waals surface area contributed by atoms with Crippen LogP contribution >= 0.6 is 0 Å². The number of amides is 3. The molecule has 1 aromatic carbocycles. The molecule has 138 valence electrons. The summed E-state index contributed by atoms with van der Waals surface area (Å²) in [6.45, 7) is 4.47. The smallest absolute Gasteiger partial charge is 0.311 e. The van der Waals surface area contributed by atoms with E-state index in [0.717, 1.165) is 12.8 Å². The van der Waals surface area contributed by atoms with Crippen molar-refractivity contribution in [2.24, 2.45) is 0 Å². The Bertz CT molecular complexity index is 604. The Balaban J connectivity index is 0.000000257. The molecule has 1 heterocycles. The Morgan fingerprint density at radius 1 is 1.36 bits per heavy atom. The summed E-state index contributed by atoms with van der Waals surface area (Å²) < 4.78 is 12.6.